The van der Waals surface area contributed by atoms with Gasteiger partial charge in [0.1, 0.15) is 0 Å². The van der Waals surface area contributed by atoms with Crippen LogP contribution in [0.25, 0.3) is 0 Å². The Balaban J connectivity index is 2.30. The molecule has 1 rings (SSSR count). The van der Waals surface area contributed by atoms with Crippen molar-refractivity contribution >= 4 is 5.96 Å². The Morgan fingerprint density at radius 3 is 2.52 bits per heavy atom. The molecular formula is C19H33N3O3. The van der Waals surface area contributed by atoms with Crippen LogP contribution in [0.5, 0.6) is 0 Å². The van der Waals surface area contributed by atoms with E-state index in [-0.39, 0.29) is 0 Å². The fourth-order valence-corrected chi connectivity index (χ4v) is 2.22. The van der Waals surface area contributed by atoms with Crippen LogP contribution in [-0.2, 0) is 27.4 Å². The van der Waals surface area contributed by atoms with E-state index in [1.54, 1.807) is 14.2 Å². The van der Waals surface area contributed by atoms with Crippen LogP contribution in [0.3, 0.4) is 0 Å². The van der Waals surface area contributed by atoms with E-state index in [0.29, 0.717) is 26.4 Å². The molecule has 0 atom stereocenters. The molecule has 0 aliphatic heterocycles. The van der Waals surface area contributed by atoms with E-state index >= 15 is 0 Å². The zero-order valence-electron chi connectivity index (χ0n) is 15.8. The van der Waals surface area contributed by atoms with Gasteiger partial charge in [-0.15, -0.1) is 0 Å². The van der Waals surface area contributed by atoms with Gasteiger partial charge in [-0.25, -0.2) is 0 Å². The first-order chi connectivity index (χ1) is 12.3. The highest BCUT2D eigenvalue weighted by Gasteiger charge is 2.03. The first-order valence-electron chi connectivity index (χ1n) is 8.97. The van der Waals surface area contributed by atoms with Gasteiger partial charge < -0.3 is 24.8 Å². The lowest BCUT2D eigenvalue weighted by atomic mass is 10.1. The number of nitrogens with zero attached hydrogens (tertiary/aromatic N) is 1. The monoisotopic (exact) mass is 351 g/mol. The van der Waals surface area contributed by atoms with E-state index in [1.807, 2.05) is 12.1 Å². The van der Waals surface area contributed by atoms with Gasteiger partial charge in [-0.05, 0) is 24.0 Å². The molecule has 0 unspecified atom stereocenters. The molecule has 0 amide bonds. The number of hydrogen-bond donors (Lipinski definition) is 2. The van der Waals surface area contributed by atoms with Gasteiger partial charge in [-0.2, -0.15) is 0 Å². The molecule has 6 heteroatoms. The highest BCUT2D eigenvalue weighted by molar-refractivity contribution is 5.79. The average Bonchev–Trinajstić information content (AvgIpc) is 2.64. The fourth-order valence-electron chi connectivity index (χ4n) is 2.22. The number of rotatable bonds is 13. The first-order valence-corrected chi connectivity index (χ1v) is 8.97. The van der Waals surface area contributed by atoms with Gasteiger partial charge in [-0.3, -0.25) is 4.99 Å². The third kappa shape index (κ3) is 10.1. The van der Waals surface area contributed by atoms with Gasteiger partial charge in [0.25, 0.3) is 0 Å². The molecule has 25 heavy (non-hydrogen) atoms. The predicted octanol–water partition coefficient (Wildman–Crippen LogP) is 2.33. The summed E-state index contributed by atoms with van der Waals surface area (Å²) in [7, 11) is 3.45. The number of aliphatic imine (C=N–C) groups is 1. The number of ether oxygens (including phenoxy) is 3. The third-order valence-electron chi connectivity index (χ3n) is 3.58. The maximum atomic E-state index is 5.67. The summed E-state index contributed by atoms with van der Waals surface area (Å²) in [5.74, 6) is 0.793. The van der Waals surface area contributed by atoms with Gasteiger partial charge in [0.15, 0.2) is 5.96 Å². The average molecular weight is 351 g/mol. The zero-order chi connectivity index (χ0) is 18.2. The maximum Gasteiger partial charge on any atom is 0.191 e. The number of hydrogen-bond acceptors (Lipinski definition) is 4. The minimum Gasteiger partial charge on any atom is -0.382 e. The minimum absolute atomic E-state index is 0.637. The molecule has 0 heterocycles. The zero-order valence-corrected chi connectivity index (χ0v) is 15.8. The van der Waals surface area contributed by atoms with E-state index in [0.717, 1.165) is 38.5 Å². The molecule has 0 bridgehead atoms. The maximum absolute atomic E-state index is 5.67. The van der Waals surface area contributed by atoms with Crippen LogP contribution in [0.2, 0.25) is 0 Å². The molecular weight excluding hydrogens is 318 g/mol. The van der Waals surface area contributed by atoms with Crippen molar-refractivity contribution in [1.29, 1.82) is 0 Å². The van der Waals surface area contributed by atoms with E-state index in [4.69, 9.17) is 14.2 Å². The van der Waals surface area contributed by atoms with Crippen LogP contribution in [0.4, 0.5) is 0 Å². The van der Waals surface area contributed by atoms with Crippen LogP contribution in [0.1, 0.15) is 30.9 Å². The quantitative estimate of drug-likeness (QED) is 0.324. The van der Waals surface area contributed by atoms with Gasteiger partial charge in [0.05, 0.1) is 19.8 Å². The number of methoxy groups -OCH3 is 1. The lowest BCUT2D eigenvalue weighted by Crippen LogP contribution is -2.37. The van der Waals surface area contributed by atoms with Crippen LogP contribution >= 0.6 is 0 Å². The molecule has 0 radical (unpaired) electrons. The summed E-state index contributed by atoms with van der Waals surface area (Å²) in [5, 5.41) is 6.65. The molecule has 0 saturated heterocycles. The topological polar surface area (TPSA) is 64.1 Å². The van der Waals surface area contributed by atoms with Crippen molar-refractivity contribution in [2.75, 3.05) is 47.1 Å². The Morgan fingerprint density at radius 2 is 1.80 bits per heavy atom. The normalized spacial score (nSPS) is 11.6. The molecule has 0 aliphatic rings. The Kier molecular flexibility index (Phi) is 12.6. The SMILES string of the molecule is CCCOCc1ccccc1CNC(=NC)NCCCOCCOC. The third-order valence-corrected chi connectivity index (χ3v) is 3.58. The van der Waals surface area contributed by atoms with Crippen molar-refractivity contribution < 1.29 is 14.2 Å². The van der Waals surface area contributed by atoms with Crippen LogP contribution < -0.4 is 10.6 Å². The van der Waals surface area contributed by atoms with Crippen molar-refractivity contribution in [2.45, 2.75) is 32.9 Å². The van der Waals surface area contributed by atoms with Crippen molar-refractivity contribution in [1.82, 2.24) is 10.6 Å². The molecule has 0 fully saturated rings. The highest BCUT2D eigenvalue weighted by atomic mass is 16.5. The molecule has 1 aromatic rings. The number of benzene rings is 1. The van der Waals surface area contributed by atoms with Crippen molar-refractivity contribution in [3.8, 4) is 0 Å². The summed E-state index contributed by atoms with van der Waals surface area (Å²) in [6.07, 6.45) is 1.96. The second-order valence-electron chi connectivity index (χ2n) is 5.63. The predicted molar refractivity (Wildman–Crippen MR) is 102 cm³/mol. The molecule has 0 aromatic heterocycles. The number of nitrogens with one attached hydrogen (secondary N) is 2. The van der Waals surface area contributed by atoms with Crippen LogP contribution in [0.15, 0.2) is 29.3 Å². The molecule has 0 saturated carbocycles. The Morgan fingerprint density at radius 1 is 1.00 bits per heavy atom. The first kappa shape index (κ1) is 21.4. The van der Waals surface area contributed by atoms with E-state index in [2.05, 4.69) is 34.7 Å². The smallest absolute Gasteiger partial charge is 0.191 e. The second kappa shape index (κ2) is 14.7. The Bertz CT molecular complexity index is 481. The molecule has 0 spiro atoms. The summed E-state index contributed by atoms with van der Waals surface area (Å²) < 4.78 is 16.0. The van der Waals surface area contributed by atoms with Gasteiger partial charge in [0.2, 0.25) is 0 Å². The summed E-state index contributed by atoms with van der Waals surface area (Å²) in [4.78, 5) is 4.26. The molecule has 6 nitrogen and oxygen atoms in total. The van der Waals surface area contributed by atoms with E-state index < -0.39 is 0 Å². The molecule has 1 aromatic carbocycles. The standard InChI is InChI=1S/C19H33N3O3/c1-4-11-25-16-18-9-6-5-8-17(18)15-22-19(20-2)21-10-7-12-24-14-13-23-3/h5-6,8-9H,4,7,10-16H2,1-3H3,(H2,20,21,22). The lowest BCUT2D eigenvalue weighted by Gasteiger charge is -2.14. The summed E-state index contributed by atoms with van der Waals surface area (Å²) >= 11 is 0. The van der Waals surface area contributed by atoms with Crippen molar-refractivity contribution in [2.24, 2.45) is 4.99 Å². The highest BCUT2D eigenvalue weighted by Crippen LogP contribution is 2.10. The Hall–Kier alpha value is -1.63. The summed E-state index contributed by atoms with van der Waals surface area (Å²) in [6, 6.07) is 8.33. The van der Waals surface area contributed by atoms with Gasteiger partial charge >= 0.3 is 0 Å². The van der Waals surface area contributed by atoms with Crippen molar-refractivity contribution in [3.05, 3.63) is 35.4 Å². The van der Waals surface area contributed by atoms with E-state index in [9.17, 15) is 0 Å². The summed E-state index contributed by atoms with van der Waals surface area (Å²) in [6.45, 7) is 7.08. The molecule has 0 aliphatic carbocycles. The van der Waals surface area contributed by atoms with E-state index in [1.165, 1.54) is 11.1 Å². The lowest BCUT2D eigenvalue weighted by molar-refractivity contribution is 0.0698. The number of guanidine groups is 1. The second-order valence-corrected chi connectivity index (χ2v) is 5.63. The van der Waals surface area contributed by atoms with Gasteiger partial charge in [0, 0.05) is 40.5 Å². The summed E-state index contributed by atoms with van der Waals surface area (Å²) in [5.41, 5.74) is 2.44. The molecule has 142 valence electrons. The minimum atomic E-state index is 0.637. The fraction of sp³-hybridized carbons (Fsp3) is 0.632. The largest absolute Gasteiger partial charge is 0.382 e. The van der Waals surface area contributed by atoms with Gasteiger partial charge in [-0.1, -0.05) is 31.2 Å². The molecule has 2 N–H and O–H groups in total. The Labute approximate surface area is 152 Å². The van der Waals surface area contributed by atoms with Crippen molar-refractivity contribution in [3.63, 3.8) is 0 Å². The van der Waals surface area contributed by atoms with Crippen LogP contribution in [-0.4, -0.2) is 53.1 Å². The van der Waals surface area contributed by atoms with Crippen LogP contribution in [0, 0.1) is 0 Å².